The molecule has 3 heterocycles. The van der Waals surface area contributed by atoms with Gasteiger partial charge in [0.05, 0.1) is 36.6 Å². The van der Waals surface area contributed by atoms with E-state index in [4.69, 9.17) is 4.74 Å². The fourth-order valence-corrected chi connectivity index (χ4v) is 4.92. The zero-order valence-electron chi connectivity index (χ0n) is 14.4. The van der Waals surface area contributed by atoms with Crippen LogP contribution in [-0.2, 0) is 14.8 Å². The topological polar surface area (TPSA) is 75.6 Å². The first-order valence-electron chi connectivity index (χ1n) is 8.33. The Morgan fingerprint density at radius 1 is 1.22 bits per heavy atom. The van der Waals surface area contributed by atoms with Gasteiger partial charge in [-0.25, -0.2) is 26.6 Å². The quantitative estimate of drug-likeness (QED) is 0.757. The number of sulfonamides is 1. The molecule has 0 saturated carbocycles. The number of hydrogen-bond donors (Lipinski definition) is 0. The first kappa shape index (κ1) is 18.4. The summed E-state index contributed by atoms with van der Waals surface area (Å²) >= 11 is 0. The molecule has 2 aliphatic heterocycles. The summed E-state index contributed by atoms with van der Waals surface area (Å²) < 4.78 is 72.4. The van der Waals surface area contributed by atoms with Crippen LogP contribution in [0.4, 0.5) is 19.0 Å². The summed E-state index contributed by atoms with van der Waals surface area (Å²) in [4.78, 5) is 9.88. The van der Waals surface area contributed by atoms with E-state index in [2.05, 4.69) is 9.97 Å². The van der Waals surface area contributed by atoms with Crippen molar-refractivity contribution in [2.45, 2.75) is 18.3 Å². The Hall–Kier alpha value is -1.98. The van der Waals surface area contributed by atoms with Gasteiger partial charge in [-0.05, 0) is 0 Å². The minimum atomic E-state index is -3.62. The maximum absolute atomic E-state index is 15.1. The number of anilines is 1. The predicted molar refractivity (Wildman–Crippen MR) is 91.4 cm³/mol. The molecule has 2 atom stereocenters. The van der Waals surface area contributed by atoms with Crippen molar-refractivity contribution < 1.29 is 26.3 Å². The highest BCUT2D eigenvalue weighted by Gasteiger charge is 2.55. The van der Waals surface area contributed by atoms with Crippen molar-refractivity contribution in [2.75, 3.05) is 37.4 Å². The molecule has 0 unspecified atom stereocenters. The van der Waals surface area contributed by atoms with E-state index in [0.717, 1.165) is 22.7 Å². The lowest BCUT2D eigenvalue weighted by atomic mass is 9.98. The zero-order valence-corrected chi connectivity index (χ0v) is 15.2. The molecule has 2 aliphatic rings. The third-order valence-corrected chi connectivity index (χ3v) is 6.27. The van der Waals surface area contributed by atoms with Crippen LogP contribution in [0.3, 0.4) is 0 Å². The molecule has 11 heteroatoms. The van der Waals surface area contributed by atoms with Gasteiger partial charge in [-0.1, -0.05) is 0 Å². The van der Waals surface area contributed by atoms with Crippen molar-refractivity contribution in [3.63, 3.8) is 0 Å². The highest BCUT2D eigenvalue weighted by Crippen LogP contribution is 2.38. The van der Waals surface area contributed by atoms with E-state index < -0.39 is 33.6 Å². The van der Waals surface area contributed by atoms with Crippen LogP contribution >= 0.6 is 0 Å². The van der Waals surface area contributed by atoms with Gasteiger partial charge in [-0.15, -0.1) is 0 Å². The monoisotopic (exact) mass is 402 g/mol. The number of nitrogens with zero attached hydrogens (tertiary/aromatic N) is 4. The third-order valence-electron chi connectivity index (χ3n) is 4.97. The molecule has 2 aromatic rings. The average molecular weight is 402 g/mol. The summed E-state index contributed by atoms with van der Waals surface area (Å²) in [5.74, 6) is -1.76. The summed E-state index contributed by atoms with van der Waals surface area (Å²) in [5, 5.41) is 0. The molecule has 0 radical (unpaired) electrons. The molecule has 7 nitrogen and oxygen atoms in total. The fourth-order valence-electron chi connectivity index (χ4n) is 3.69. The van der Waals surface area contributed by atoms with Crippen molar-refractivity contribution in [3.05, 3.63) is 30.0 Å². The summed E-state index contributed by atoms with van der Waals surface area (Å²) in [5.41, 5.74) is -1.17. The standard InChI is InChI=1S/C16H17F3N4O3S/c1-27(24,25)23-4-5-26-16(23)2-3-22(9-14(16)19)15-8-20-12-6-10(17)11(18)7-13(12)21-15/h6-8,14H,2-5,9H2,1H3/t14-,16-/m0/s1. The van der Waals surface area contributed by atoms with Gasteiger partial charge >= 0.3 is 0 Å². The maximum atomic E-state index is 15.1. The fraction of sp³-hybridized carbons (Fsp3) is 0.500. The number of ether oxygens (including phenoxy) is 1. The summed E-state index contributed by atoms with van der Waals surface area (Å²) in [7, 11) is -3.62. The molecule has 0 N–H and O–H groups in total. The minimum Gasteiger partial charge on any atom is -0.355 e. The molecule has 0 bridgehead atoms. The van der Waals surface area contributed by atoms with Crippen molar-refractivity contribution in [2.24, 2.45) is 0 Å². The second kappa shape index (κ2) is 6.28. The molecule has 2 saturated heterocycles. The Morgan fingerprint density at radius 2 is 1.93 bits per heavy atom. The maximum Gasteiger partial charge on any atom is 0.213 e. The van der Waals surface area contributed by atoms with Crippen LogP contribution in [0.15, 0.2) is 18.3 Å². The normalized spacial score (nSPS) is 27.0. The van der Waals surface area contributed by atoms with Gasteiger partial charge in [0.2, 0.25) is 10.0 Å². The van der Waals surface area contributed by atoms with Crippen molar-refractivity contribution in [1.82, 2.24) is 14.3 Å². The Bertz CT molecular complexity index is 1010. The number of benzene rings is 1. The minimum absolute atomic E-state index is 0.110. The lowest BCUT2D eigenvalue weighted by molar-refractivity contribution is -0.116. The Morgan fingerprint density at radius 3 is 2.59 bits per heavy atom. The second-order valence-corrected chi connectivity index (χ2v) is 8.58. The van der Waals surface area contributed by atoms with Gasteiger partial charge in [0.1, 0.15) is 5.82 Å². The first-order valence-corrected chi connectivity index (χ1v) is 10.2. The summed E-state index contributed by atoms with van der Waals surface area (Å²) in [6.07, 6.45) is 0.892. The number of halogens is 3. The highest BCUT2D eigenvalue weighted by molar-refractivity contribution is 7.88. The van der Waals surface area contributed by atoms with Crippen LogP contribution in [0.1, 0.15) is 6.42 Å². The summed E-state index contributed by atoms with van der Waals surface area (Å²) in [6, 6.07) is 1.88. The first-order chi connectivity index (χ1) is 12.7. The SMILES string of the molecule is CS(=O)(=O)N1CCO[C@]12CCN(c1cnc3cc(F)c(F)cc3n1)C[C@@H]2F. The lowest BCUT2D eigenvalue weighted by Crippen LogP contribution is -2.62. The second-order valence-electron chi connectivity index (χ2n) is 6.68. The molecule has 0 amide bonds. The molecule has 27 heavy (non-hydrogen) atoms. The Kier molecular flexibility index (Phi) is 4.28. The number of aromatic nitrogens is 2. The molecular weight excluding hydrogens is 385 g/mol. The molecule has 1 aromatic heterocycles. The molecule has 0 aliphatic carbocycles. The number of rotatable bonds is 2. The van der Waals surface area contributed by atoms with Crippen molar-refractivity contribution >= 4 is 26.9 Å². The van der Waals surface area contributed by atoms with Crippen LogP contribution in [0.2, 0.25) is 0 Å². The molecule has 1 spiro atoms. The smallest absolute Gasteiger partial charge is 0.213 e. The van der Waals surface area contributed by atoms with Gasteiger partial charge in [0, 0.05) is 31.6 Å². The van der Waals surface area contributed by atoms with Crippen LogP contribution < -0.4 is 4.90 Å². The zero-order chi connectivity index (χ0) is 19.4. The molecule has 2 fully saturated rings. The van der Waals surface area contributed by atoms with Gasteiger partial charge in [0.25, 0.3) is 0 Å². The molecule has 146 valence electrons. The van der Waals surface area contributed by atoms with E-state index in [0.29, 0.717) is 5.82 Å². The van der Waals surface area contributed by atoms with Crippen molar-refractivity contribution in [3.8, 4) is 0 Å². The van der Waals surface area contributed by atoms with Crippen LogP contribution in [0.25, 0.3) is 11.0 Å². The van der Waals surface area contributed by atoms with E-state index >= 15 is 4.39 Å². The van der Waals surface area contributed by atoms with Crippen LogP contribution in [-0.4, -0.2) is 67.1 Å². The van der Waals surface area contributed by atoms with Gasteiger partial charge < -0.3 is 9.64 Å². The largest absolute Gasteiger partial charge is 0.355 e. The van der Waals surface area contributed by atoms with E-state index in [1.54, 1.807) is 4.90 Å². The third kappa shape index (κ3) is 3.03. The van der Waals surface area contributed by atoms with Crippen molar-refractivity contribution in [1.29, 1.82) is 0 Å². The van der Waals surface area contributed by atoms with Gasteiger partial charge in [0.15, 0.2) is 23.5 Å². The number of alkyl halides is 1. The van der Waals surface area contributed by atoms with Crippen LogP contribution in [0.5, 0.6) is 0 Å². The van der Waals surface area contributed by atoms with Gasteiger partial charge in [-0.3, -0.25) is 4.98 Å². The van der Waals surface area contributed by atoms with E-state index in [1.165, 1.54) is 6.20 Å². The highest BCUT2D eigenvalue weighted by atomic mass is 32.2. The lowest BCUT2D eigenvalue weighted by Gasteiger charge is -2.44. The van der Waals surface area contributed by atoms with E-state index in [9.17, 15) is 17.2 Å². The Balaban J connectivity index is 1.61. The van der Waals surface area contributed by atoms with Gasteiger partial charge in [-0.2, -0.15) is 4.31 Å². The molecule has 1 aromatic carbocycles. The average Bonchev–Trinajstić information content (AvgIpc) is 3.03. The van der Waals surface area contributed by atoms with E-state index in [-0.39, 0.29) is 43.7 Å². The number of piperidine rings is 1. The Labute approximate surface area is 153 Å². The van der Waals surface area contributed by atoms with E-state index in [1.807, 2.05) is 0 Å². The number of fused-ring (bicyclic) bond motifs is 1. The predicted octanol–water partition coefficient (Wildman–Crippen LogP) is 1.44. The molecular formula is C16H17F3N4O3S. The van der Waals surface area contributed by atoms with Crippen LogP contribution in [0, 0.1) is 11.6 Å². The molecule has 4 rings (SSSR count). The number of hydrogen-bond acceptors (Lipinski definition) is 6. The summed E-state index contributed by atoms with van der Waals surface area (Å²) in [6.45, 7) is 0.361.